The number of ether oxygens (including phenoxy) is 1. The smallest absolute Gasteiger partial charge is 0.326 e. The number of methoxy groups -OCH3 is 1. The molecule has 1 aromatic rings. The number of carbonyl (C=O) groups is 3. The van der Waals surface area contributed by atoms with Crippen molar-refractivity contribution in [2.24, 2.45) is 0 Å². The summed E-state index contributed by atoms with van der Waals surface area (Å²) in [4.78, 5) is 36.2. The van der Waals surface area contributed by atoms with Crippen molar-refractivity contribution < 1.29 is 24.2 Å². The number of carbonyl (C=O) groups excluding carboxylic acids is 2. The molecule has 1 aromatic carbocycles. The fraction of sp³-hybridized carbons (Fsp3) is 0.357. The number of benzene rings is 1. The monoisotopic (exact) mass is 292 g/mol. The second kappa shape index (κ2) is 6.25. The van der Waals surface area contributed by atoms with Crippen LogP contribution in [0.1, 0.15) is 12.8 Å². The van der Waals surface area contributed by atoms with Crippen molar-refractivity contribution in [2.75, 3.05) is 19.0 Å². The highest BCUT2D eigenvalue weighted by molar-refractivity contribution is 6.40. The summed E-state index contributed by atoms with van der Waals surface area (Å²) >= 11 is 0. The Morgan fingerprint density at radius 3 is 2.71 bits per heavy atom. The molecule has 1 atom stereocenters. The molecule has 2 N–H and O–H groups in total. The van der Waals surface area contributed by atoms with Gasteiger partial charge in [-0.25, -0.2) is 4.79 Å². The molecule has 1 unspecified atom stereocenters. The van der Waals surface area contributed by atoms with Crippen molar-refractivity contribution in [3.63, 3.8) is 0 Å². The van der Waals surface area contributed by atoms with Gasteiger partial charge in [0.15, 0.2) is 0 Å². The number of nitrogens with one attached hydrogen (secondary N) is 1. The van der Waals surface area contributed by atoms with Crippen molar-refractivity contribution in [1.29, 1.82) is 0 Å². The maximum atomic E-state index is 12.1. The van der Waals surface area contributed by atoms with Crippen LogP contribution >= 0.6 is 0 Å². The standard InChI is InChI=1S/C14H16N2O5/c1-21-11-7-3-2-5-9(11)15-12(17)13(18)16-8-4-6-10(16)14(19)20/h2-3,5,7,10H,4,6,8H2,1H3,(H,15,17)(H,19,20). The van der Waals surface area contributed by atoms with E-state index in [-0.39, 0.29) is 6.54 Å². The van der Waals surface area contributed by atoms with Crippen LogP contribution < -0.4 is 10.1 Å². The summed E-state index contributed by atoms with van der Waals surface area (Å²) < 4.78 is 5.08. The number of nitrogens with zero attached hydrogens (tertiary/aromatic N) is 1. The Kier molecular flexibility index (Phi) is 4.42. The zero-order valence-electron chi connectivity index (χ0n) is 11.5. The largest absolute Gasteiger partial charge is 0.495 e. The summed E-state index contributed by atoms with van der Waals surface area (Å²) in [7, 11) is 1.45. The number of aliphatic carboxylic acids is 1. The molecule has 0 saturated carbocycles. The molecule has 0 bridgehead atoms. The highest BCUT2D eigenvalue weighted by Crippen LogP contribution is 2.23. The number of rotatable bonds is 3. The minimum atomic E-state index is -1.09. The molecular formula is C14H16N2O5. The van der Waals surface area contributed by atoms with E-state index in [1.807, 2.05) is 0 Å². The van der Waals surface area contributed by atoms with Gasteiger partial charge in [0.2, 0.25) is 0 Å². The number of hydrogen-bond acceptors (Lipinski definition) is 4. The topological polar surface area (TPSA) is 95.9 Å². The third-order valence-corrected chi connectivity index (χ3v) is 3.35. The van der Waals surface area contributed by atoms with Crippen molar-refractivity contribution in [1.82, 2.24) is 4.90 Å². The summed E-state index contributed by atoms with van der Waals surface area (Å²) in [6.07, 6.45) is 0.938. The average molecular weight is 292 g/mol. The van der Waals surface area contributed by atoms with Gasteiger partial charge in [-0.1, -0.05) is 12.1 Å². The zero-order chi connectivity index (χ0) is 15.4. The Bertz CT molecular complexity index is 572. The number of para-hydroxylation sites is 2. The number of likely N-dealkylation sites (tertiary alicyclic amines) is 1. The first-order chi connectivity index (χ1) is 10.0. The van der Waals surface area contributed by atoms with Gasteiger partial charge in [-0.05, 0) is 25.0 Å². The fourth-order valence-electron chi connectivity index (χ4n) is 2.32. The van der Waals surface area contributed by atoms with Crippen LogP contribution in [-0.2, 0) is 14.4 Å². The summed E-state index contributed by atoms with van der Waals surface area (Å²) in [6, 6.07) is 5.75. The molecule has 1 aliphatic heterocycles. The van der Waals surface area contributed by atoms with Gasteiger partial charge in [-0.2, -0.15) is 0 Å². The third kappa shape index (κ3) is 3.13. The SMILES string of the molecule is COc1ccccc1NC(=O)C(=O)N1CCCC1C(=O)O. The van der Waals surface area contributed by atoms with Crippen molar-refractivity contribution in [3.8, 4) is 5.75 Å². The summed E-state index contributed by atoms with van der Waals surface area (Å²) in [6.45, 7) is 0.273. The number of carboxylic acids is 1. The molecule has 0 aromatic heterocycles. The highest BCUT2D eigenvalue weighted by Gasteiger charge is 2.36. The van der Waals surface area contributed by atoms with E-state index in [1.165, 1.54) is 7.11 Å². The first kappa shape index (κ1) is 14.8. The fourth-order valence-corrected chi connectivity index (χ4v) is 2.32. The van der Waals surface area contributed by atoms with E-state index >= 15 is 0 Å². The van der Waals surface area contributed by atoms with Gasteiger partial charge < -0.3 is 20.1 Å². The van der Waals surface area contributed by atoms with Crippen LogP contribution in [0.5, 0.6) is 5.75 Å². The Morgan fingerprint density at radius 1 is 1.33 bits per heavy atom. The molecule has 7 heteroatoms. The molecular weight excluding hydrogens is 276 g/mol. The van der Waals surface area contributed by atoms with Gasteiger partial charge >= 0.3 is 17.8 Å². The van der Waals surface area contributed by atoms with Gasteiger partial charge in [0.25, 0.3) is 0 Å². The lowest BCUT2D eigenvalue weighted by atomic mass is 10.2. The minimum Gasteiger partial charge on any atom is -0.495 e. The number of hydrogen-bond donors (Lipinski definition) is 2. The van der Waals surface area contributed by atoms with E-state index in [0.29, 0.717) is 24.3 Å². The van der Waals surface area contributed by atoms with E-state index in [2.05, 4.69) is 5.32 Å². The molecule has 1 aliphatic rings. The van der Waals surface area contributed by atoms with Crippen LogP contribution in [0.25, 0.3) is 0 Å². The molecule has 21 heavy (non-hydrogen) atoms. The van der Waals surface area contributed by atoms with Gasteiger partial charge in [-0.15, -0.1) is 0 Å². The molecule has 0 aliphatic carbocycles. The van der Waals surface area contributed by atoms with Crippen LogP contribution in [0.15, 0.2) is 24.3 Å². The average Bonchev–Trinajstić information content (AvgIpc) is 2.96. The molecule has 7 nitrogen and oxygen atoms in total. The summed E-state index contributed by atoms with van der Waals surface area (Å²) in [5.74, 6) is -2.38. The van der Waals surface area contributed by atoms with Gasteiger partial charge in [0.05, 0.1) is 12.8 Å². The lowest BCUT2D eigenvalue weighted by molar-refractivity contribution is -0.151. The second-order valence-electron chi connectivity index (χ2n) is 4.65. The van der Waals surface area contributed by atoms with Crippen LogP contribution in [-0.4, -0.2) is 47.5 Å². The quantitative estimate of drug-likeness (QED) is 0.800. The van der Waals surface area contributed by atoms with Crippen molar-refractivity contribution in [3.05, 3.63) is 24.3 Å². The molecule has 1 fully saturated rings. The zero-order valence-corrected chi connectivity index (χ0v) is 11.5. The molecule has 2 amide bonds. The van der Waals surface area contributed by atoms with E-state index < -0.39 is 23.8 Å². The minimum absolute atomic E-state index is 0.273. The van der Waals surface area contributed by atoms with Crippen molar-refractivity contribution >= 4 is 23.5 Å². The maximum Gasteiger partial charge on any atom is 0.326 e. The number of carboxylic acid groups (broad SMARTS) is 1. The predicted octanol–water partition coefficient (Wildman–Crippen LogP) is 0.709. The first-order valence-corrected chi connectivity index (χ1v) is 6.52. The highest BCUT2D eigenvalue weighted by atomic mass is 16.5. The lowest BCUT2D eigenvalue weighted by Crippen LogP contribution is -2.45. The first-order valence-electron chi connectivity index (χ1n) is 6.52. The van der Waals surface area contributed by atoms with E-state index in [9.17, 15) is 14.4 Å². The van der Waals surface area contributed by atoms with Gasteiger partial charge in [0, 0.05) is 6.54 Å². The van der Waals surface area contributed by atoms with Crippen LogP contribution in [0.3, 0.4) is 0 Å². The molecule has 0 radical (unpaired) electrons. The summed E-state index contributed by atoms with van der Waals surface area (Å²) in [5.41, 5.74) is 0.365. The Labute approximate surface area is 121 Å². The van der Waals surface area contributed by atoms with E-state index in [0.717, 1.165) is 4.90 Å². The van der Waals surface area contributed by atoms with Gasteiger partial charge in [0.1, 0.15) is 11.8 Å². The van der Waals surface area contributed by atoms with E-state index in [4.69, 9.17) is 9.84 Å². The van der Waals surface area contributed by atoms with Crippen molar-refractivity contribution in [2.45, 2.75) is 18.9 Å². The van der Waals surface area contributed by atoms with E-state index in [1.54, 1.807) is 24.3 Å². The molecule has 2 rings (SSSR count). The number of anilines is 1. The van der Waals surface area contributed by atoms with Crippen LogP contribution in [0.4, 0.5) is 5.69 Å². The summed E-state index contributed by atoms with van der Waals surface area (Å²) in [5, 5.41) is 11.5. The third-order valence-electron chi connectivity index (χ3n) is 3.35. The Morgan fingerprint density at radius 2 is 2.05 bits per heavy atom. The molecule has 0 spiro atoms. The maximum absolute atomic E-state index is 12.1. The Hall–Kier alpha value is -2.57. The molecule has 112 valence electrons. The molecule has 1 heterocycles. The normalized spacial score (nSPS) is 17.4. The predicted molar refractivity (Wildman–Crippen MR) is 74.0 cm³/mol. The second-order valence-corrected chi connectivity index (χ2v) is 4.65. The number of amides is 2. The van der Waals surface area contributed by atoms with Crippen LogP contribution in [0, 0.1) is 0 Å². The molecule has 1 saturated heterocycles. The van der Waals surface area contributed by atoms with Gasteiger partial charge in [-0.3, -0.25) is 9.59 Å². The Balaban J connectivity index is 2.09. The van der Waals surface area contributed by atoms with Crippen LogP contribution in [0.2, 0.25) is 0 Å². The lowest BCUT2D eigenvalue weighted by Gasteiger charge is -2.20.